The van der Waals surface area contributed by atoms with Crippen LogP contribution in [0.4, 0.5) is 11.4 Å². The Hall–Kier alpha value is -2.63. The van der Waals surface area contributed by atoms with Gasteiger partial charge in [0.2, 0.25) is 0 Å². The minimum absolute atomic E-state index is 0.0573. The van der Waals surface area contributed by atoms with Crippen molar-refractivity contribution in [1.82, 2.24) is 0 Å². The third kappa shape index (κ3) is 5.00. The Labute approximate surface area is 196 Å². The number of rotatable bonds is 5. The minimum atomic E-state index is -0.0573. The zero-order valence-corrected chi connectivity index (χ0v) is 19.9. The smallest absolute Gasteiger partial charge is 0.268 e. The lowest BCUT2D eigenvalue weighted by atomic mass is 10.1. The molecule has 3 nitrogen and oxygen atoms in total. The number of benzene rings is 3. The number of thioether (sulfide) groups is 1. The van der Waals surface area contributed by atoms with E-state index >= 15 is 0 Å². The fraction of sp³-hybridized carbons (Fsp3) is 0.154. The quantitative estimate of drug-likeness (QED) is 0.349. The van der Waals surface area contributed by atoms with E-state index in [9.17, 15) is 4.79 Å². The fourth-order valence-electron chi connectivity index (χ4n) is 3.32. The van der Waals surface area contributed by atoms with Crippen molar-refractivity contribution in [2.75, 3.05) is 4.90 Å². The Morgan fingerprint density at radius 2 is 1.58 bits per heavy atom. The number of hydrogen-bond donors (Lipinski definition) is 0. The highest BCUT2D eigenvalue weighted by Gasteiger charge is 2.34. The van der Waals surface area contributed by atoms with Crippen LogP contribution in [0.3, 0.4) is 0 Å². The molecule has 3 aromatic rings. The van der Waals surface area contributed by atoms with E-state index in [-0.39, 0.29) is 5.91 Å². The molecule has 1 saturated heterocycles. The number of anilines is 1. The molecule has 31 heavy (non-hydrogen) atoms. The maximum atomic E-state index is 13.4. The van der Waals surface area contributed by atoms with Crippen LogP contribution in [0.15, 0.2) is 87.2 Å². The predicted molar refractivity (Wildman–Crippen MR) is 136 cm³/mol. The lowest BCUT2D eigenvalue weighted by molar-refractivity contribution is -0.113. The summed E-state index contributed by atoms with van der Waals surface area (Å²) in [5, 5.41) is 0.666. The highest BCUT2D eigenvalue weighted by molar-refractivity contribution is 9.10. The van der Waals surface area contributed by atoms with Crippen LogP contribution in [0.5, 0.6) is 0 Å². The second-order valence-corrected chi connectivity index (χ2v) is 9.17. The van der Waals surface area contributed by atoms with Gasteiger partial charge in [0.25, 0.3) is 5.91 Å². The normalized spacial score (nSPS) is 16.5. The van der Waals surface area contributed by atoms with Gasteiger partial charge < -0.3 is 0 Å². The van der Waals surface area contributed by atoms with Gasteiger partial charge in [-0.1, -0.05) is 66.2 Å². The van der Waals surface area contributed by atoms with Crippen molar-refractivity contribution in [2.24, 2.45) is 4.99 Å². The van der Waals surface area contributed by atoms with Gasteiger partial charge in [-0.2, -0.15) is 0 Å². The van der Waals surface area contributed by atoms with Gasteiger partial charge in [-0.3, -0.25) is 9.69 Å². The molecular formula is C26H23BrN2OS. The Balaban J connectivity index is 1.75. The average molecular weight is 491 g/mol. The van der Waals surface area contributed by atoms with E-state index in [0.29, 0.717) is 10.1 Å². The van der Waals surface area contributed by atoms with Gasteiger partial charge in [0.1, 0.15) is 0 Å². The van der Waals surface area contributed by atoms with Crippen LogP contribution < -0.4 is 4.90 Å². The lowest BCUT2D eigenvalue weighted by Crippen LogP contribution is -2.28. The van der Waals surface area contributed by atoms with Gasteiger partial charge in [0.15, 0.2) is 5.17 Å². The van der Waals surface area contributed by atoms with Crippen molar-refractivity contribution in [1.29, 1.82) is 0 Å². The zero-order valence-electron chi connectivity index (χ0n) is 17.5. The monoisotopic (exact) mass is 490 g/mol. The van der Waals surface area contributed by atoms with E-state index in [1.807, 2.05) is 54.6 Å². The molecule has 0 aromatic heterocycles. The molecule has 1 aliphatic rings. The molecule has 0 aliphatic carbocycles. The van der Waals surface area contributed by atoms with Crippen LogP contribution in [0.1, 0.15) is 30.5 Å². The van der Waals surface area contributed by atoms with E-state index in [2.05, 4.69) is 54.0 Å². The molecule has 4 rings (SSSR count). The van der Waals surface area contributed by atoms with Crippen LogP contribution in [0.2, 0.25) is 0 Å². The van der Waals surface area contributed by atoms with E-state index in [1.165, 1.54) is 22.9 Å². The number of aliphatic imine (C=N–C) groups is 1. The molecule has 3 aromatic carbocycles. The lowest BCUT2D eigenvalue weighted by Gasteiger charge is -2.16. The van der Waals surface area contributed by atoms with Crippen molar-refractivity contribution in [2.45, 2.75) is 26.7 Å². The number of carbonyl (C=O) groups excluding carboxylic acids is 1. The fourth-order valence-corrected chi connectivity index (χ4v) is 4.74. The summed E-state index contributed by atoms with van der Waals surface area (Å²) in [4.78, 5) is 20.6. The van der Waals surface area contributed by atoms with Crippen molar-refractivity contribution < 1.29 is 4.79 Å². The molecule has 0 atom stereocenters. The molecule has 0 unspecified atom stereocenters. The van der Waals surface area contributed by atoms with Crippen molar-refractivity contribution in [3.8, 4) is 0 Å². The Morgan fingerprint density at radius 1 is 0.935 bits per heavy atom. The number of aryl methyl sites for hydroxylation is 2. The molecule has 1 fully saturated rings. The molecule has 1 amide bonds. The molecular weight excluding hydrogens is 468 g/mol. The molecule has 0 radical (unpaired) electrons. The highest BCUT2D eigenvalue weighted by atomic mass is 79.9. The summed E-state index contributed by atoms with van der Waals surface area (Å²) >= 11 is 4.91. The van der Waals surface area contributed by atoms with Crippen LogP contribution in [-0.2, 0) is 17.6 Å². The molecule has 1 aliphatic heterocycles. The predicted octanol–water partition coefficient (Wildman–Crippen LogP) is 7.38. The summed E-state index contributed by atoms with van der Waals surface area (Å²) in [5.41, 5.74) is 5.14. The SMILES string of the molecule is CCc1ccc(N=C2S/C(=C\c3cccc(Br)c3)C(=O)N2c2ccc(CC)cc2)cc1. The molecule has 1 heterocycles. The van der Waals surface area contributed by atoms with Gasteiger partial charge in [-0.15, -0.1) is 0 Å². The minimum Gasteiger partial charge on any atom is -0.268 e. The first kappa shape index (κ1) is 21.6. The molecule has 0 N–H and O–H groups in total. The summed E-state index contributed by atoms with van der Waals surface area (Å²) in [7, 11) is 0. The third-order valence-electron chi connectivity index (χ3n) is 5.12. The maximum absolute atomic E-state index is 13.4. The molecule has 156 valence electrons. The van der Waals surface area contributed by atoms with Crippen LogP contribution in [0.25, 0.3) is 6.08 Å². The topological polar surface area (TPSA) is 32.7 Å². The first-order valence-electron chi connectivity index (χ1n) is 10.3. The van der Waals surface area contributed by atoms with Crippen LogP contribution in [-0.4, -0.2) is 11.1 Å². The van der Waals surface area contributed by atoms with Gasteiger partial charge in [0, 0.05) is 4.47 Å². The van der Waals surface area contributed by atoms with Gasteiger partial charge in [0.05, 0.1) is 16.3 Å². The number of nitrogens with zero attached hydrogens (tertiary/aromatic N) is 2. The summed E-state index contributed by atoms with van der Waals surface area (Å²) < 4.78 is 0.981. The van der Waals surface area contributed by atoms with E-state index < -0.39 is 0 Å². The van der Waals surface area contributed by atoms with E-state index in [1.54, 1.807) is 4.90 Å². The maximum Gasteiger partial charge on any atom is 0.271 e. The van der Waals surface area contributed by atoms with Gasteiger partial charge >= 0.3 is 0 Å². The van der Waals surface area contributed by atoms with Crippen molar-refractivity contribution in [3.05, 3.63) is 98.9 Å². The molecule has 5 heteroatoms. The van der Waals surface area contributed by atoms with Crippen LogP contribution in [0, 0.1) is 0 Å². The summed E-state index contributed by atoms with van der Waals surface area (Å²) in [5.74, 6) is -0.0573. The highest BCUT2D eigenvalue weighted by Crippen LogP contribution is 2.37. The molecule has 0 spiro atoms. The standard InChI is InChI=1S/C26H23BrN2OS/c1-3-18-8-12-22(13-9-18)28-26-29(23-14-10-19(4-2)11-15-23)25(30)24(31-26)17-20-6-5-7-21(27)16-20/h5-17H,3-4H2,1-2H3/b24-17-,28-26?. The van der Waals surface area contributed by atoms with Gasteiger partial charge in [-0.05, 0) is 83.8 Å². The average Bonchev–Trinajstić information content (AvgIpc) is 3.09. The summed E-state index contributed by atoms with van der Waals surface area (Å²) in [6, 6.07) is 24.2. The number of halogens is 1. The zero-order chi connectivity index (χ0) is 21.8. The first-order valence-corrected chi connectivity index (χ1v) is 11.9. The first-order chi connectivity index (χ1) is 15.1. The van der Waals surface area contributed by atoms with Crippen molar-refractivity contribution in [3.63, 3.8) is 0 Å². The van der Waals surface area contributed by atoms with Gasteiger partial charge in [-0.25, -0.2) is 4.99 Å². The Morgan fingerprint density at radius 3 is 2.19 bits per heavy atom. The number of amidine groups is 1. The number of hydrogen-bond acceptors (Lipinski definition) is 3. The second kappa shape index (κ2) is 9.67. The third-order valence-corrected chi connectivity index (χ3v) is 6.59. The Kier molecular flexibility index (Phi) is 6.73. The molecule has 0 saturated carbocycles. The Bertz CT molecular complexity index is 1150. The summed E-state index contributed by atoms with van der Waals surface area (Å²) in [6.07, 6.45) is 3.87. The van der Waals surface area contributed by atoms with Crippen molar-refractivity contribution >= 4 is 56.2 Å². The van der Waals surface area contributed by atoms with Crippen LogP contribution >= 0.6 is 27.7 Å². The van der Waals surface area contributed by atoms with E-state index in [0.717, 1.165) is 34.3 Å². The summed E-state index contributed by atoms with van der Waals surface area (Å²) in [6.45, 7) is 4.25. The number of amides is 1. The second-order valence-electron chi connectivity index (χ2n) is 7.24. The van der Waals surface area contributed by atoms with E-state index in [4.69, 9.17) is 4.99 Å². The largest absolute Gasteiger partial charge is 0.271 e. The number of carbonyl (C=O) groups is 1. The molecule has 0 bridgehead atoms.